The molecular formula is C11H18N2O4S. The van der Waals surface area contributed by atoms with Gasteiger partial charge in [-0.2, -0.15) is 12.6 Å². The van der Waals surface area contributed by atoms with Gasteiger partial charge >= 0.3 is 5.97 Å². The maximum atomic E-state index is 12.0. The smallest absolute Gasteiger partial charge is 0.328 e. The van der Waals surface area contributed by atoms with E-state index < -0.39 is 28.7 Å². The van der Waals surface area contributed by atoms with E-state index in [4.69, 9.17) is 4.74 Å². The van der Waals surface area contributed by atoms with Crippen LogP contribution in [0.1, 0.15) is 27.2 Å². The van der Waals surface area contributed by atoms with Crippen LogP contribution in [0.15, 0.2) is 0 Å². The van der Waals surface area contributed by atoms with Crippen LogP contribution >= 0.6 is 12.6 Å². The molecule has 2 amide bonds. The Labute approximate surface area is 111 Å². The Morgan fingerprint density at radius 2 is 2.11 bits per heavy atom. The molecule has 2 N–H and O–H groups in total. The Balaban J connectivity index is 2.70. The van der Waals surface area contributed by atoms with Gasteiger partial charge in [-0.15, -0.1) is 0 Å². The monoisotopic (exact) mass is 274 g/mol. The quantitative estimate of drug-likeness (QED) is 0.482. The lowest BCUT2D eigenvalue weighted by atomic mass is 10.0. The van der Waals surface area contributed by atoms with Crippen molar-refractivity contribution in [3.63, 3.8) is 0 Å². The lowest BCUT2D eigenvalue weighted by Crippen LogP contribution is -2.57. The molecule has 1 aliphatic heterocycles. The molecule has 0 bridgehead atoms. The van der Waals surface area contributed by atoms with Crippen LogP contribution in [-0.4, -0.2) is 41.2 Å². The Bertz CT molecular complexity index is 365. The number of carbonyl (C=O) groups is 3. The van der Waals surface area contributed by atoms with Crippen LogP contribution in [0.5, 0.6) is 0 Å². The van der Waals surface area contributed by atoms with Crippen LogP contribution in [0.25, 0.3) is 0 Å². The van der Waals surface area contributed by atoms with Crippen molar-refractivity contribution in [2.75, 3.05) is 6.61 Å². The first kappa shape index (κ1) is 14.8. The maximum Gasteiger partial charge on any atom is 0.328 e. The summed E-state index contributed by atoms with van der Waals surface area (Å²) in [6, 6.07) is -1.45. The van der Waals surface area contributed by atoms with Gasteiger partial charge in [0.1, 0.15) is 12.1 Å². The molecule has 0 spiro atoms. The average Bonchev–Trinajstić information content (AvgIpc) is 2.59. The number of thiol groups is 1. The summed E-state index contributed by atoms with van der Waals surface area (Å²) in [5.74, 6) is -1.21. The molecule has 1 heterocycles. The Morgan fingerprint density at radius 3 is 2.50 bits per heavy atom. The zero-order chi connectivity index (χ0) is 13.9. The van der Waals surface area contributed by atoms with Gasteiger partial charge in [-0.3, -0.25) is 9.59 Å². The number of esters is 1. The van der Waals surface area contributed by atoms with Gasteiger partial charge in [-0.1, -0.05) is 0 Å². The minimum atomic E-state index is -0.813. The number of rotatable bonds is 4. The largest absolute Gasteiger partial charge is 0.464 e. The van der Waals surface area contributed by atoms with E-state index in [1.165, 1.54) is 6.92 Å². The fraction of sp³-hybridized carbons (Fsp3) is 0.727. The van der Waals surface area contributed by atoms with Crippen molar-refractivity contribution < 1.29 is 19.1 Å². The minimum Gasteiger partial charge on any atom is -0.464 e. The van der Waals surface area contributed by atoms with Crippen LogP contribution in [0.2, 0.25) is 0 Å². The minimum absolute atomic E-state index is 0.304. The zero-order valence-corrected chi connectivity index (χ0v) is 11.5. The number of hydrogen-bond acceptors (Lipinski definition) is 5. The van der Waals surface area contributed by atoms with Crippen molar-refractivity contribution in [3.8, 4) is 0 Å². The number of nitrogens with one attached hydrogen (secondary N) is 2. The molecule has 18 heavy (non-hydrogen) atoms. The number of hydrogen-bond donors (Lipinski definition) is 3. The molecule has 0 aliphatic carbocycles. The molecule has 0 aromatic rings. The van der Waals surface area contributed by atoms with Crippen LogP contribution < -0.4 is 10.6 Å². The van der Waals surface area contributed by atoms with Gasteiger partial charge in [0.2, 0.25) is 11.8 Å². The summed E-state index contributed by atoms with van der Waals surface area (Å²) in [5, 5.41) is 5.09. The molecule has 2 atom stereocenters. The molecule has 102 valence electrons. The molecule has 1 fully saturated rings. The highest BCUT2D eigenvalue weighted by Crippen LogP contribution is 2.18. The van der Waals surface area contributed by atoms with E-state index >= 15 is 0 Å². The molecule has 1 saturated heterocycles. The van der Waals surface area contributed by atoms with Crippen LogP contribution in [0.4, 0.5) is 0 Å². The van der Waals surface area contributed by atoms with E-state index in [-0.39, 0.29) is 5.91 Å². The van der Waals surface area contributed by atoms with Gasteiger partial charge in [0.15, 0.2) is 0 Å². The molecule has 0 aromatic carbocycles. The van der Waals surface area contributed by atoms with E-state index in [0.29, 0.717) is 13.0 Å². The van der Waals surface area contributed by atoms with Gasteiger partial charge in [0.25, 0.3) is 0 Å². The third-order valence-electron chi connectivity index (χ3n) is 2.57. The summed E-state index contributed by atoms with van der Waals surface area (Å²) < 4.78 is 4.01. The topological polar surface area (TPSA) is 84.5 Å². The predicted molar refractivity (Wildman–Crippen MR) is 68.2 cm³/mol. The number of ether oxygens (including phenoxy) is 1. The first-order chi connectivity index (χ1) is 8.21. The summed E-state index contributed by atoms with van der Waals surface area (Å²) in [5.41, 5.74) is 0. The second-order valence-corrected chi connectivity index (χ2v) is 5.96. The van der Waals surface area contributed by atoms with E-state index in [1.54, 1.807) is 13.8 Å². The normalized spacial score (nSPS) is 21.1. The van der Waals surface area contributed by atoms with Gasteiger partial charge in [0.05, 0.1) is 6.61 Å². The van der Waals surface area contributed by atoms with E-state index in [2.05, 4.69) is 23.3 Å². The summed E-state index contributed by atoms with van der Waals surface area (Å²) in [4.78, 5) is 34.4. The highest BCUT2D eigenvalue weighted by atomic mass is 32.1. The maximum absolute atomic E-state index is 12.0. The highest BCUT2D eigenvalue weighted by Gasteiger charge is 2.36. The van der Waals surface area contributed by atoms with Crippen LogP contribution in [0.3, 0.4) is 0 Å². The van der Waals surface area contributed by atoms with E-state index in [0.717, 1.165) is 0 Å². The van der Waals surface area contributed by atoms with Crippen molar-refractivity contribution in [2.24, 2.45) is 0 Å². The van der Waals surface area contributed by atoms with Gasteiger partial charge in [-0.25, -0.2) is 4.79 Å². The predicted octanol–water partition coefficient (Wildman–Crippen LogP) is -0.369. The molecule has 2 unspecified atom stereocenters. The standard InChI is InChI=1S/C11H18N2O4S/c1-6(14)12-8(11(2,3)18)9(15)13-7-4-5-17-10(7)16/h7-8,18H,4-5H2,1-3H3,(H,12,14)(H,13,15). The van der Waals surface area contributed by atoms with Crippen LogP contribution in [-0.2, 0) is 19.1 Å². The third-order valence-corrected chi connectivity index (χ3v) is 2.83. The van der Waals surface area contributed by atoms with Gasteiger partial charge < -0.3 is 15.4 Å². The number of cyclic esters (lactones) is 1. The molecular weight excluding hydrogens is 256 g/mol. The lowest BCUT2D eigenvalue weighted by Gasteiger charge is -2.29. The third kappa shape index (κ3) is 3.90. The number of carbonyl (C=O) groups excluding carboxylic acids is 3. The Kier molecular flexibility index (Phi) is 4.61. The average molecular weight is 274 g/mol. The second kappa shape index (κ2) is 5.60. The number of amides is 2. The molecule has 0 aromatic heterocycles. The molecule has 1 aliphatic rings. The first-order valence-corrected chi connectivity index (χ1v) is 6.13. The Hall–Kier alpha value is -1.24. The summed E-state index contributed by atoms with van der Waals surface area (Å²) in [6.07, 6.45) is 0.449. The van der Waals surface area contributed by atoms with Gasteiger partial charge in [0, 0.05) is 18.1 Å². The Morgan fingerprint density at radius 1 is 1.50 bits per heavy atom. The molecule has 0 saturated carbocycles. The highest BCUT2D eigenvalue weighted by molar-refractivity contribution is 7.81. The molecule has 0 radical (unpaired) electrons. The van der Waals surface area contributed by atoms with E-state index in [1.807, 2.05) is 0 Å². The fourth-order valence-electron chi connectivity index (χ4n) is 1.65. The van der Waals surface area contributed by atoms with Gasteiger partial charge in [-0.05, 0) is 13.8 Å². The summed E-state index contributed by atoms with van der Waals surface area (Å²) >= 11 is 4.29. The fourth-order valence-corrected chi connectivity index (χ4v) is 1.83. The van der Waals surface area contributed by atoms with Crippen molar-refractivity contribution in [1.82, 2.24) is 10.6 Å². The first-order valence-electron chi connectivity index (χ1n) is 5.68. The van der Waals surface area contributed by atoms with E-state index in [9.17, 15) is 14.4 Å². The molecule has 1 rings (SSSR count). The van der Waals surface area contributed by atoms with Crippen molar-refractivity contribution in [2.45, 2.75) is 44.0 Å². The summed E-state index contributed by atoms with van der Waals surface area (Å²) in [7, 11) is 0. The lowest BCUT2D eigenvalue weighted by molar-refractivity contribution is -0.141. The zero-order valence-electron chi connectivity index (χ0n) is 10.6. The molecule has 7 heteroatoms. The van der Waals surface area contributed by atoms with Crippen molar-refractivity contribution in [3.05, 3.63) is 0 Å². The second-order valence-electron chi connectivity index (χ2n) is 4.80. The van der Waals surface area contributed by atoms with Crippen molar-refractivity contribution in [1.29, 1.82) is 0 Å². The van der Waals surface area contributed by atoms with Crippen molar-refractivity contribution >= 4 is 30.4 Å². The molecule has 6 nitrogen and oxygen atoms in total. The van der Waals surface area contributed by atoms with Crippen LogP contribution in [0, 0.1) is 0 Å². The summed E-state index contributed by atoms with van der Waals surface area (Å²) in [6.45, 7) is 5.05. The SMILES string of the molecule is CC(=O)NC(C(=O)NC1CCOC1=O)C(C)(C)S.